The summed E-state index contributed by atoms with van der Waals surface area (Å²) < 4.78 is 0. The maximum Gasteiger partial charge on any atom is 0.161 e. The van der Waals surface area contributed by atoms with Crippen molar-refractivity contribution in [2.24, 2.45) is 0 Å². The summed E-state index contributed by atoms with van der Waals surface area (Å²) in [5.41, 5.74) is 2.49. The molecule has 132 valence electrons. The van der Waals surface area contributed by atoms with E-state index in [0.717, 1.165) is 24.2 Å². The van der Waals surface area contributed by atoms with Crippen molar-refractivity contribution in [2.75, 3.05) is 32.1 Å². The van der Waals surface area contributed by atoms with Gasteiger partial charge < -0.3 is 9.80 Å². The number of hydrogen-bond donors (Lipinski definition) is 0. The third-order valence-corrected chi connectivity index (χ3v) is 5.61. The fraction of sp³-hybridized carbons (Fsp3) is 0.350. The highest BCUT2D eigenvalue weighted by molar-refractivity contribution is 6.42. The molecule has 0 aliphatic carbocycles. The second-order valence-electron chi connectivity index (χ2n) is 6.81. The first-order valence-corrected chi connectivity index (χ1v) is 9.08. The van der Waals surface area contributed by atoms with Gasteiger partial charge in [0.25, 0.3) is 0 Å². The van der Waals surface area contributed by atoms with Crippen LogP contribution >= 0.6 is 23.2 Å². The zero-order chi connectivity index (χ0) is 18.2. The van der Waals surface area contributed by atoms with Crippen molar-refractivity contribution in [1.82, 2.24) is 4.90 Å². The number of Topliss-reactive ketones (excluding diaryl/α,β-unsaturated/α-hetero) is 1. The molecule has 2 aromatic rings. The van der Waals surface area contributed by atoms with Gasteiger partial charge in [-0.25, -0.2) is 0 Å². The molecule has 0 bridgehead atoms. The topological polar surface area (TPSA) is 23.6 Å². The van der Waals surface area contributed by atoms with Gasteiger partial charge in [0.1, 0.15) is 5.54 Å². The molecule has 0 saturated carbocycles. The molecular weight excluding hydrogens is 355 g/mol. The van der Waals surface area contributed by atoms with Crippen LogP contribution in [-0.2, 0) is 16.8 Å². The number of benzene rings is 2. The number of nitrogens with zero attached hydrogens (tertiary/aromatic N) is 2. The van der Waals surface area contributed by atoms with Gasteiger partial charge in [-0.05, 0) is 56.8 Å². The summed E-state index contributed by atoms with van der Waals surface area (Å²) in [5.74, 6) is 0.124. The molecule has 1 unspecified atom stereocenters. The van der Waals surface area contributed by atoms with Gasteiger partial charge in [-0.2, -0.15) is 0 Å². The van der Waals surface area contributed by atoms with Gasteiger partial charge >= 0.3 is 0 Å². The molecule has 1 atom stereocenters. The van der Waals surface area contributed by atoms with E-state index in [1.165, 1.54) is 5.56 Å². The Kier molecular flexibility index (Phi) is 5.10. The Morgan fingerprint density at radius 2 is 1.88 bits per heavy atom. The largest absolute Gasteiger partial charge is 0.354 e. The van der Waals surface area contributed by atoms with Gasteiger partial charge in [-0.15, -0.1) is 0 Å². The number of rotatable bonds is 4. The molecule has 0 spiro atoms. The van der Waals surface area contributed by atoms with E-state index >= 15 is 0 Å². The number of carbonyl (C=O) groups is 1. The lowest BCUT2D eigenvalue weighted by Gasteiger charge is -2.49. The van der Waals surface area contributed by atoms with E-state index in [2.05, 4.69) is 21.9 Å². The molecule has 0 fully saturated rings. The number of carbonyl (C=O) groups excluding carboxylic acids is 1. The summed E-state index contributed by atoms with van der Waals surface area (Å²) in [4.78, 5) is 17.3. The summed E-state index contributed by atoms with van der Waals surface area (Å²) in [5, 5.41) is 1.02. The van der Waals surface area contributed by atoms with E-state index in [1.807, 2.05) is 38.4 Å². The molecule has 0 saturated heterocycles. The zero-order valence-electron chi connectivity index (χ0n) is 14.7. The Bertz CT molecular complexity index is 806. The average Bonchev–Trinajstić information content (AvgIpc) is 2.57. The number of likely N-dealkylation sites (N-methyl/N-ethyl adjacent to an activating group) is 1. The second kappa shape index (κ2) is 6.99. The number of ketones is 1. The van der Waals surface area contributed by atoms with E-state index in [1.54, 1.807) is 13.0 Å². The van der Waals surface area contributed by atoms with Crippen LogP contribution in [0.2, 0.25) is 10.0 Å². The van der Waals surface area contributed by atoms with Crippen molar-refractivity contribution in [3.05, 3.63) is 63.6 Å². The van der Waals surface area contributed by atoms with Crippen molar-refractivity contribution < 1.29 is 4.79 Å². The smallest absolute Gasteiger partial charge is 0.161 e. The maximum atomic E-state index is 13.0. The monoisotopic (exact) mass is 376 g/mol. The molecule has 0 amide bonds. The van der Waals surface area contributed by atoms with Crippen molar-refractivity contribution in [3.63, 3.8) is 0 Å². The van der Waals surface area contributed by atoms with Crippen LogP contribution in [0.15, 0.2) is 42.5 Å². The van der Waals surface area contributed by atoms with Crippen molar-refractivity contribution in [2.45, 2.75) is 18.9 Å². The van der Waals surface area contributed by atoms with Crippen LogP contribution in [-0.4, -0.2) is 37.9 Å². The number of fused-ring (bicyclic) bond motifs is 1. The van der Waals surface area contributed by atoms with Crippen LogP contribution in [0, 0.1) is 0 Å². The van der Waals surface area contributed by atoms with Gasteiger partial charge in [0, 0.05) is 18.8 Å². The number of anilines is 1. The minimum absolute atomic E-state index is 0.124. The summed E-state index contributed by atoms with van der Waals surface area (Å²) in [6.07, 6.45) is 0.888. The first-order chi connectivity index (χ1) is 11.9. The maximum absolute atomic E-state index is 13.0. The lowest BCUT2D eigenvalue weighted by atomic mass is 9.77. The summed E-state index contributed by atoms with van der Waals surface area (Å²) in [7, 11) is 3.99. The van der Waals surface area contributed by atoms with Crippen molar-refractivity contribution in [1.29, 1.82) is 0 Å². The summed E-state index contributed by atoms with van der Waals surface area (Å²) in [6.45, 7) is 3.03. The third kappa shape index (κ3) is 3.17. The van der Waals surface area contributed by atoms with E-state index in [-0.39, 0.29) is 5.78 Å². The molecule has 1 aliphatic rings. The predicted molar refractivity (Wildman–Crippen MR) is 105 cm³/mol. The molecular formula is C20H22Cl2N2O. The molecule has 25 heavy (non-hydrogen) atoms. The minimum atomic E-state index is -0.741. The lowest BCUT2D eigenvalue weighted by Crippen LogP contribution is -2.60. The van der Waals surface area contributed by atoms with E-state index in [0.29, 0.717) is 16.6 Å². The van der Waals surface area contributed by atoms with Gasteiger partial charge in [0.05, 0.1) is 10.0 Å². The zero-order valence-corrected chi connectivity index (χ0v) is 16.2. The highest BCUT2D eigenvalue weighted by Gasteiger charge is 2.47. The van der Waals surface area contributed by atoms with Gasteiger partial charge in [-0.1, -0.05) is 47.5 Å². The number of hydrogen-bond acceptors (Lipinski definition) is 3. The Morgan fingerprint density at radius 1 is 1.16 bits per heavy atom. The van der Waals surface area contributed by atoms with Crippen LogP contribution < -0.4 is 4.90 Å². The van der Waals surface area contributed by atoms with Gasteiger partial charge in [0.15, 0.2) is 5.78 Å². The van der Waals surface area contributed by atoms with Crippen LogP contribution in [0.1, 0.15) is 18.1 Å². The van der Waals surface area contributed by atoms with E-state index in [9.17, 15) is 4.79 Å². The highest BCUT2D eigenvalue weighted by Crippen LogP contribution is 2.41. The predicted octanol–water partition coefficient (Wildman–Crippen LogP) is 4.40. The molecule has 2 aromatic carbocycles. The fourth-order valence-electron chi connectivity index (χ4n) is 3.83. The average molecular weight is 377 g/mol. The Hall–Kier alpha value is -1.55. The Labute approximate surface area is 159 Å². The summed E-state index contributed by atoms with van der Waals surface area (Å²) >= 11 is 12.4. The third-order valence-electron chi connectivity index (χ3n) is 4.87. The Balaban J connectivity index is 2.22. The highest BCUT2D eigenvalue weighted by atomic mass is 35.5. The SMILES string of the molecule is CC(=O)C1(CN(C)C)c2ccccc2CCN1c1ccc(Cl)c(Cl)c1. The van der Waals surface area contributed by atoms with Crippen LogP contribution in [0.5, 0.6) is 0 Å². The van der Waals surface area contributed by atoms with Crippen molar-refractivity contribution in [3.8, 4) is 0 Å². The van der Waals surface area contributed by atoms with Crippen LogP contribution in [0.3, 0.4) is 0 Å². The first kappa shape index (κ1) is 18.2. The molecule has 0 N–H and O–H groups in total. The summed E-state index contributed by atoms with van der Waals surface area (Å²) in [6, 6.07) is 13.8. The fourth-order valence-corrected chi connectivity index (χ4v) is 4.12. The first-order valence-electron chi connectivity index (χ1n) is 8.33. The molecule has 0 aromatic heterocycles. The Morgan fingerprint density at radius 3 is 2.52 bits per heavy atom. The molecule has 3 rings (SSSR count). The molecule has 1 heterocycles. The molecule has 0 radical (unpaired) electrons. The van der Waals surface area contributed by atoms with E-state index in [4.69, 9.17) is 23.2 Å². The van der Waals surface area contributed by atoms with Gasteiger partial charge in [-0.3, -0.25) is 4.79 Å². The second-order valence-corrected chi connectivity index (χ2v) is 7.63. The minimum Gasteiger partial charge on any atom is -0.354 e. The molecule has 5 heteroatoms. The van der Waals surface area contributed by atoms with E-state index < -0.39 is 5.54 Å². The van der Waals surface area contributed by atoms with Crippen LogP contribution in [0.4, 0.5) is 5.69 Å². The normalized spacial score (nSPS) is 19.8. The van der Waals surface area contributed by atoms with Gasteiger partial charge in [0.2, 0.25) is 0 Å². The van der Waals surface area contributed by atoms with Crippen LogP contribution in [0.25, 0.3) is 0 Å². The quantitative estimate of drug-likeness (QED) is 0.789. The lowest BCUT2D eigenvalue weighted by molar-refractivity contribution is -0.123. The van der Waals surface area contributed by atoms with Crippen molar-refractivity contribution >= 4 is 34.7 Å². The molecule has 1 aliphatic heterocycles. The molecule has 3 nitrogen and oxygen atoms in total. The number of halogens is 2. The standard InChI is InChI=1S/C20H22Cl2N2O/c1-14(25)20(13-23(2)3)17-7-5-4-6-15(17)10-11-24(20)16-8-9-18(21)19(22)12-16/h4-9,12H,10-11,13H2,1-3H3.